The zero-order valence-electron chi connectivity index (χ0n) is 19.7. The van der Waals surface area contributed by atoms with Crippen LogP contribution in [0.1, 0.15) is 51.2 Å². The van der Waals surface area contributed by atoms with Gasteiger partial charge in [-0.3, -0.25) is 10.3 Å². The Morgan fingerprint density at radius 1 is 1.43 bits per heavy atom. The Morgan fingerprint density at radius 2 is 2.07 bits per heavy atom. The number of carbonyl (C=O) groups is 1. The van der Waals surface area contributed by atoms with Crippen LogP contribution in [0.15, 0.2) is 27.6 Å². The molecule has 1 aromatic rings. The summed E-state index contributed by atoms with van der Waals surface area (Å²) in [5.41, 5.74) is -2.11. The van der Waals surface area contributed by atoms with Crippen molar-refractivity contribution in [3.8, 4) is 0 Å². The lowest BCUT2D eigenvalue weighted by Crippen LogP contribution is -2.57. The van der Waals surface area contributed by atoms with Crippen LogP contribution in [0.2, 0.25) is 0 Å². The van der Waals surface area contributed by atoms with Crippen molar-refractivity contribution in [1.82, 2.24) is 5.32 Å². The number of nitrogens with one attached hydrogen (secondary N) is 1. The number of amidine groups is 1. The van der Waals surface area contributed by atoms with E-state index in [0.717, 1.165) is 3.57 Å². The second kappa shape index (κ2) is 7.55. The normalized spacial score (nSPS) is 29.0. The zero-order chi connectivity index (χ0) is 24.0. The SMILES string of the molecule is [2H]C([2H])([2H])N=S1(=O)C[C@@](C)(c2cc(I)ccc2F)N=C(NC(=O)OC(C)(C)C)C1(C)C. The highest BCUT2D eigenvalue weighted by molar-refractivity contribution is 14.1. The van der Waals surface area contributed by atoms with Gasteiger partial charge in [-0.05, 0) is 82.3 Å². The minimum atomic E-state index is -3.56. The number of halogens is 2. The summed E-state index contributed by atoms with van der Waals surface area (Å²) in [5, 5.41) is 2.51. The van der Waals surface area contributed by atoms with Gasteiger partial charge in [0.1, 0.15) is 27.5 Å². The van der Waals surface area contributed by atoms with Crippen LogP contribution < -0.4 is 5.32 Å². The van der Waals surface area contributed by atoms with Crippen molar-refractivity contribution in [2.45, 2.75) is 57.4 Å². The van der Waals surface area contributed by atoms with Gasteiger partial charge < -0.3 is 4.74 Å². The number of benzene rings is 1. The predicted octanol–water partition coefficient (Wildman–Crippen LogP) is 4.46. The van der Waals surface area contributed by atoms with Crippen LogP contribution in [-0.2, 0) is 20.0 Å². The van der Waals surface area contributed by atoms with Crippen molar-refractivity contribution in [3.63, 3.8) is 0 Å². The first kappa shape index (κ1) is 18.8. The summed E-state index contributed by atoms with van der Waals surface area (Å²) in [5.74, 6) is -0.993. The number of ether oxygens (including phenoxy) is 1. The Hall–Kier alpha value is -1.23. The average Bonchev–Trinajstić information content (AvgIpc) is 2.51. The summed E-state index contributed by atoms with van der Waals surface area (Å²) in [4.78, 5) is 17.0. The van der Waals surface area contributed by atoms with Crippen LogP contribution in [0.5, 0.6) is 0 Å². The minimum absolute atomic E-state index is 0.0771. The van der Waals surface area contributed by atoms with Crippen molar-refractivity contribution in [2.24, 2.45) is 9.36 Å². The van der Waals surface area contributed by atoms with Crippen LogP contribution in [0.25, 0.3) is 0 Å². The Labute approximate surface area is 184 Å². The van der Waals surface area contributed by atoms with Gasteiger partial charge >= 0.3 is 6.09 Å². The van der Waals surface area contributed by atoms with Crippen LogP contribution in [0.4, 0.5) is 9.18 Å². The first-order valence-electron chi connectivity index (χ1n) is 10.1. The van der Waals surface area contributed by atoms with E-state index in [0.29, 0.717) is 0 Å². The maximum atomic E-state index is 14.8. The lowest BCUT2D eigenvalue weighted by atomic mass is 9.93. The second-order valence-electron chi connectivity index (χ2n) is 8.37. The first-order chi connectivity index (χ1) is 13.8. The molecule has 9 heteroatoms. The van der Waals surface area contributed by atoms with Crippen LogP contribution in [-0.4, -0.2) is 39.2 Å². The predicted molar refractivity (Wildman–Crippen MR) is 119 cm³/mol. The fraction of sp³-hybridized carbons (Fsp3) is 0.579. The minimum Gasteiger partial charge on any atom is -0.444 e. The summed E-state index contributed by atoms with van der Waals surface area (Å²) >= 11 is 2.01. The summed E-state index contributed by atoms with van der Waals surface area (Å²) in [6.45, 7) is 6.71. The highest BCUT2D eigenvalue weighted by Crippen LogP contribution is 2.39. The summed E-state index contributed by atoms with van der Waals surface area (Å²) < 4.78 is 59.7. The molecule has 6 nitrogen and oxygen atoms in total. The van der Waals surface area contributed by atoms with Gasteiger partial charge in [0, 0.05) is 20.2 Å². The van der Waals surface area contributed by atoms with Gasteiger partial charge in [-0.15, -0.1) is 0 Å². The van der Waals surface area contributed by atoms with Crippen LogP contribution in [0, 0.1) is 9.39 Å². The molecular weight excluding hydrogens is 496 g/mol. The van der Waals surface area contributed by atoms with Crippen molar-refractivity contribution in [3.05, 3.63) is 33.1 Å². The van der Waals surface area contributed by atoms with Crippen molar-refractivity contribution >= 4 is 44.2 Å². The van der Waals surface area contributed by atoms with E-state index in [-0.39, 0.29) is 17.2 Å². The highest BCUT2D eigenvalue weighted by atomic mass is 127. The third kappa shape index (κ3) is 4.50. The highest BCUT2D eigenvalue weighted by Gasteiger charge is 2.49. The van der Waals surface area contributed by atoms with Gasteiger partial charge in [-0.2, -0.15) is 0 Å². The summed E-state index contributed by atoms with van der Waals surface area (Å²) in [7, 11) is -3.56. The number of carbonyl (C=O) groups excluding carboxylic acids is 1. The smallest absolute Gasteiger partial charge is 0.413 e. The molecule has 2 rings (SSSR count). The van der Waals surface area contributed by atoms with E-state index in [4.69, 9.17) is 8.85 Å². The Kier molecular flexibility index (Phi) is 5.06. The van der Waals surface area contributed by atoms with Crippen LogP contribution >= 0.6 is 22.6 Å². The zero-order valence-corrected chi connectivity index (χ0v) is 19.7. The Balaban J connectivity index is 2.75. The standard InChI is InChI=1S/C19H27FIN3O3S/c1-17(2,3)27-16(25)23-15-18(4,5)28(26,22-7)11-19(6,24-15)13-10-12(21)8-9-14(13)20/h8-10H,11H2,1-7H3,(H,23,24,25)/t19-,28?/m0/s1/i7D3. The van der Waals surface area contributed by atoms with E-state index >= 15 is 0 Å². The molecule has 1 unspecified atom stereocenters. The fourth-order valence-electron chi connectivity index (χ4n) is 2.90. The number of nitrogens with zero attached hydrogens (tertiary/aromatic N) is 2. The Bertz CT molecular complexity index is 1040. The molecule has 0 saturated heterocycles. The molecule has 1 heterocycles. The molecule has 1 amide bonds. The molecule has 1 aliphatic rings. The Morgan fingerprint density at radius 3 is 2.64 bits per heavy atom. The third-order valence-electron chi connectivity index (χ3n) is 4.48. The van der Waals surface area contributed by atoms with Gasteiger partial charge in [-0.25, -0.2) is 17.8 Å². The lowest BCUT2D eigenvalue weighted by molar-refractivity contribution is 0.0560. The molecule has 0 aliphatic carbocycles. The molecule has 0 fully saturated rings. The number of hydrogen-bond acceptors (Lipinski definition) is 5. The van der Waals surface area contributed by atoms with Crippen LogP contribution in [0.3, 0.4) is 0 Å². The largest absolute Gasteiger partial charge is 0.444 e. The van der Waals surface area contributed by atoms with E-state index in [9.17, 15) is 13.4 Å². The topological polar surface area (TPSA) is 80.1 Å². The number of aliphatic imine (C=N–C) groups is 1. The molecule has 1 N–H and O–H groups in total. The number of hydrogen-bond donors (Lipinski definition) is 1. The number of rotatable bonds is 1. The van der Waals surface area contributed by atoms with E-state index < -0.39 is 44.5 Å². The monoisotopic (exact) mass is 526 g/mol. The average molecular weight is 526 g/mol. The van der Waals surface area contributed by atoms with Gasteiger partial charge in [0.2, 0.25) is 0 Å². The summed E-state index contributed by atoms with van der Waals surface area (Å²) in [6, 6.07) is 4.39. The number of amides is 1. The molecule has 2 atom stereocenters. The third-order valence-corrected chi connectivity index (χ3v) is 8.19. The maximum absolute atomic E-state index is 14.8. The van der Waals surface area contributed by atoms with E-state index in [1.54, 1.807) is 39.8 Å². The molecule has 0 aromatic heterocycles. The molecule has 28 heavy (non-hydrogen) atoms. The van der Waals surface area contributed by atoms with E-state index in [1.807, 2.05) is 22.6 Å². The number of alkyl carbamates (subject to hydrolysis) is 1. The van der Waals surface area contributed by atoms with Gasteiger partial charge in [0.25, 0.3) is 0 Å². The summed E-state index contributed by atoms with van der Waals surface area (Å²) in [6.07, 6.45) is -0.845. The van der Waals surface area contributed by atoms with Gasteiger partial charge in [0.05, 0.1) is 15.5 Å². The first-order valence-corrected chi connectivity index (χ1v) is 11.4. The van der Waals surface area contributed by atoms with E-state index in [1.165, 1.54) is 19.9 Å². The van der Waals surface area contributed by atoms with Gasteiger partial charge in [0.15, 0.2) is 0 Å². The van der Waals surface area contributed by atoms with Crippen molar-refractivity contribution < 1.29 is 22.2 Å². The molecule has 0 saturated carbocycles. The molecule has 0 radical (unpaired) electrons. The molecule has 1 aliphatic heterocycles. The molecule has 156 valence electrons. The lowest BCUT2D eigenvalue weighted by Gasteiger charge is -2.41. The molecular formula is C19H27FIN3O3S. The van der Waals surface area contributed by atoms with Crippen molar-refractivity contribution in [1.29, 1.82) is 0 Å². The van der Waals surface area contributed by atoms with Crippen molar-refractivity contribution in [2.75, 3.05) is 12.7 Å². The quantitative estimate of drug-likeness (QED) is 0.549. The molecule has 1 aromatic carbocycles. The van der Waals surface area contributed by atoms with Gasteiger partial charge in [-0.1, -0.05) is 0 Å². The molecule has 0 bridgehead atoms. The van der Waals surface area contributed by atoms with E-state index in [2.05, 4.69) is 14.7 Å². The molecule has 0 spiro atoms. The second-order valence-corrected chi connectivity index (χ2v) is 12.4. The maximum Gasteiger partial charge on any atom is 0.413 e. The fourth-order valence-corrected chi connectivity index (χ4v) is 5.43.